The number of ether oxygens (including phenoxy) is 1. The van der Waals surface area contributed by atoms with Crippen LogP contribution in [0.2, 0.25) is 0 Å². The van der Waals surface area contributed by atoms with Gasteiger partial charge in [-0.3, -0.25) is 14.9 Å². The number of fused-ring (bicyclic) bond motifs is 1. The molecule has 1 amide bonds. The van der Waals surface area contributed by atoms with Gasteiger partial charge in [-0.1, -0.05) is 18.2 Å². The molecule has 0 bridgehead atoms. The molecule has 0 aliphatic heterocycles. The molecule has 0 radical (unpaired) electrons. The number of amides is 1. The third kappa shape index (κ3) is 4.06. The van der Waals surface area contributed by atoms with Crippen LogP contribution in [-0.4, -0.2) is 28.0 Å². The first-order chi connectivity index (χ1) is 16.4. The molecule has 0 saturated carbocycles. The summed E-state index contributed by atoms with van der Waals surface area (Å²) in [6.07, 6.45) is 0. The van der Waals surface area contributed by atoms with Gasteiger partial charge in [0.25, 0.3) is 11.6 Å². The number of hydrogen-bond acceptors (Lipinski definition) is 6. The lowest BCUT2D eigenvalue weighted by Gasteiger charge is -2.11. The summed E-state index contributed by atoms with van der Waals surface area (Å²) in [5, 5.41) is 17.0. The van der Waals surface area contributed by atoms with Gasteiger partial charge in [0.15, 0.2) is 0 Å². The highest BCUT2D eigenvalue weighted by Crippen LogP contribution is 2.37. The summed E-state index contributed by atoms with van der Waals surface area (Å²) >= 11 is 1.21. The standard InChI is InChI=1S/C25H23N3O5S/c1-4-27-20-9-7-6-8-18(20)15(3)22(27)23(29)26-24-21(25(30)33-5-2)19(14-34-24)16-10-12-17(13-11-16)28(31)32/h6-14H,4-5H2,1-3H3,(H,26,29). The predicted octanol–water partition coefficient (Wildman–Crippen LogP) is 6.04. The SMILES string of the molecule is CCOC(=O)c1c(-c2ccc([N+](=O)[O-])cc2)csc1NC(=O)c1c(C)c2ccccc2n1CC. The lowest BCUT2D eigenvalue weighted by atomic mass is 10.0. The number of para-hydroxylation sites is 1. The van der Waals surface area contributed by atoms with Gasteiger partial charge >= 0.3 is 5.97 Å². The van der Waals surface area contributed by atoms with Crippen molar-refractivity contribution in [2.24, 2.45) is 0 Å². The van der Waals surface area contributed by atoms with Crippen molar-refractivity contribution in [1.82, 2.24) is 4.57 Å². The molecule has 0 aliphatic rings. The Morgan fingerprint density at radius 3 is 2.47 bits per heavy atom. The van der Waals surface area contributed by atoms with Crippen LogP contribution in [0.4, 0.5) is 10.7 Å². The molecular weight excluding hydrogens is 454 g/mol. The second-order valence-corrected chi connectivity index (χ2v) is 8.45. The molecule has 1 N–H and O–H groups in total. The number of thiophene rings is 1. The lowest BCUT2D eigenvalue weighted by Crippen LogP contribution is -2.19. The van der Waals surface area contributed by atoms with Crippen LogP contribution in [0.5, 0.6) is 0 Å². The van der Waals surface area contributed by atoms with Gasteiger partial charge in [-0.15, -0.1) is 11.3 Å². The van der Waals surface area contributed by atoms with Crippen LogP contribution in [-0.2, 0) is 11.3 Å². The van der Waals surface area contributed by atoms with E-state index < -0.39 is 10.9 Å². The van der Waals surface area contributed by atoms with E-state index in [-0.39, 0.29) is 23.8 Å². The molecule has 4 rings (SSSR count). The minimum Gasteiger partial charge on any atom is -0.462 e. The number of esters is 1. The van der Waals surface area contributed by atoms with Crippen LogP contribution < -0.4 is 5.32 Å². The van der Waals surface area contributed by atoms with E-state index in [1.165, 1.54) is 23.5 Å². The molecule has 2 heterocycles. The molecule has 2 aromatic heterocycles. The van der Waals surface area contributed by atoms with Gasteiger partial charge in [-0.2, -0.15) is 0 Å². The number of nitrogens with zero attached hydrogens (tertiary/aromatic N) is 2. The number of carbonyl (C=O) groups is 2. The van der Waals surface area contributed by atoms with Crippen LogP contribution in [0, 0.1) is 17.0 Å². The van der Waals surface area contributed by atoms with E-state index in [2.05, 4.69) is 5.32 Å². The largest absolute Gasteiger partial charge is 0.462 e. The number of aryl methyl sites for hydroxylation is 2. The predicted molar refractivity (Wildman–Crippen MR) is 133 cm³/mol. The van der Waals surface area contributed by atoms with Crippen LogP contribution in [0.3, 0.4) is 0 Å². The van der Waals surface area contributed by atoms with Gasteiger partial charge in [0.05, 0.1) is 11.5 Å². The number of anilines is 1. The highest BCUT2D eigenvalue weighted by molar-refractivity contribution is 7.15. The van der Waals surface area contributed by atoms with Crippen molar-refractivity contribution in [1.29, 1.82) is 0 Å². The fourth-order valence-corrected chi connectivity index (χ4v) is 5.04. The Morgan fingerprint density at radius 2 is 1.82 bits per heavy atom. The van der Waals surface area contributed by atoms with Gasteiger partial charge in [0.1, 0.15) is 16.3 Å². The minimum atomic E-state index is -0.569. The van der Waals surface area contributed by atoms with E-state index in [1.54, 1.807) is 24.4 Å². The number of nitro groups is 1. The van der Waals surface area contributed by atoms with Crippen molar-refractivity contribution in [3.8, 4) is 11.1 Å². The van der Waals surface area contributed by atoms with E-state index in [9.17, 15) is 19.7 Å². The zero-order valence-electron chi connectivity index (χ0n) is 19.0. The second-order valence-electron chi connectivity index (χ2n) is 7.57. The smallest absolute Gasteiger partial charge is 0.341 e. The molecule has 0 atom stereocenters. The Kier molecular flexibility index (Phi) is 6.47. The number of non-ortho nitro benzene ring substituents is 1. The maximum Gasteiger partial charge on any atom is 0.341 e. The zero-order valence-corrected chi connectivity index (χ0v) is 19.8. The molecule has 0 fully saturated rings. The van der Waals surface area contributed by atoms with E-state index in [0.29, 0.717) is 28.4 Å². The molecule has 4 aromatic rings. The molecule has 8 nitrogen and oxygen atoms in total. The van der Waals surface area contributed by atoms with Crippen LogP contribution in [0.1, 0.15) is 40.3 Å². The lowest BCUT2D eigenvalue weighted by molar-refractivity contribution is -0.384. The fourth-order valence-electron chi connectivity index (χ4n) is 4.09. The van der Waals surface area contributed by atoms with Crippen molar-refractivity contribution < 1.29 is 19.2 Å². The second kappa shape index (κ2) is 9.48. The van der Waals surface area contributed by atoms with E-state index in [1.807, 2.05) is 42.7 Å². The van der Waals surface area contributed by atoms with E-state index in [0.717, 1.165) is 16.5 Å². The number of benzene rings is 2. The maximum absolute atomic E-state index is 13.4. The first-order valence-electron chi connectivity index (χ1n) is 10.8. The third-order valence-electron chi connectivity index (χ3n) is 5.64. The first-order valence-corrected chi connectivity index (χ1v) is 11.7. The summed E-state index contributed by atoms with van der Waals surface area (Å²) < 4.78 is 7.21. The average molecular weight is 478 g/mol. The number of nitrogens with one attached hydrogen (secondary N) is 1. The minimum absolute atomic E-state index is 0.0481. The molecule has 2 aromatic carbocycles. The van der Waals surface area contributed by atoms with Crippen molar-refractivity contribution in [3.63, 3.8) is 0 Å². The maximum atomic E-state index is 13.4. The molecule has 0 aliphatic carbocycles. The molecule has 34 heavy (non-hydrogen) atoms. The Morgan fingerprint density at radius 1 is 1.12 bits per heavy atom. The topological polar surface area (TPSA) is 103 Å². The Hall–Kier alpha value is -3.98. The molecule has 9 heteroatoms. The number of rotatable bonds is 7. The molecule has 0 unspecified atom stereocenters. The summed E-state index contributed by atoms with van der Waals surface area (Å²) in [7, 11) is 0. The van der Waals surface area contributed by atoms with Crippen LogP contribution in [0.15, 0.2) is 53.9 Å². The van der Waals surface area contributed by atoms with Gasteiger partial charge in [-0.05, 0) is 50.1 Å². The Bertz CT molecular complexity index is 1400. The van der Waals surface area contributed by atoms with Gasteiger partial charge in [0.2, 0.25) is 0 Å². The van der Waals surface area contributed by atoms with Crippen LogP contribution >= 0.6 is 11.3 Å². The number of aromatic nitrogens is 1. The number of carbonyl (C=O) groups excluding carboxylic acids is 2. The van der Waals surface area contributed by atoms with Gasteiger partial charge < -0.3 is 14.6 Å². The molecule has 0 saturated heterocycles. The first kappa shape index (κ1) is 23.2. The quantitative estimate of drug-likeness (QED) is 0.199. The van der Waals surface area contributed by atoms with Gasteiger partial charge in [0, 0.05) is 40.5 Å². The molecule has 0 spiro atoms. The fraction of sp³-hybridized carbons (Fsp3) is 0.200. The number of hydrogen-bond donors (Lipinski definition) is 1. The normalized spacial score (nSPS) is 10.9. The Labute approximate surface area is 199 Å². The third-order valence-corrected chi connectivity index (χ3v) is 6.54. The summed E-state index contributed by atoms with van der Waals surface area (Å²) in [4.78, 5) is 36.8. The highest BCUT2D eigenvalue weighted by atomic mass is 32.1. The van der Waals surface area contributed by atoms with Crippen molar-refractivity contribution in [3.05, 3.63) is 80.8 Å². The summed E-state index contributed by atoms with van der Waals surface area (Å²) in [6, 6.07) is 13.7. The van der Waals surface area contributed by atoms with Crippen LogP contribution in [0.25, 0.3) is 22.0 Å². The Balaban J connectivity index is 1.76. The molecule has 174 valence electrons. The van der Waals surface area contributed by atoms with E-state index in [4.69, 9.17) is 4.74 Å². The van der Waals surface area contributed by atoms with Gasteiger partial charge in [-0.25, -0.2) is 4.79 Å². The van der Waals surface area contributed by atoms with E-state index >= 15 is 0 Å². The van der Waals surface area contributed by atoms with Crippen molar-refractivity contribution >= 4 is 44.8 Å². The van der Waals surface area contributed by atoms with Crippen molar-refractivity contribution in [2.75, 3.05) is 11.9 Å². The summed E-state index contributed by atoms with van der Waals surface area (Å²) in [6.45, 7) is 6.37. The zero-order chi connectivity index (χ0) is 24.4. The highest BCUT2D eigenvalue weighted by Gasteiger charge is 2.26. The summed E-state index contributed by atoms with van der Waals surface area (Å²) in [5.41, 5.74) is 3.70. The monoisotopic (exact) mass is 477 g/mol. The molecular formula is C25H23N3O5S. The average Bonchev–Trinajstić information content (AvgIpc) is 3.38. The van der Waals surface area contributed by atoms with Crippen molar-refractivity contribution in [2.45, 2.75) is 27.3 Å². The summed E-state index contributed by atoms with van der Waals surface area (Å²) in [5.74, 6) is -0.890. The number of nitro benzene ring substituents is 1.